The minimum absolute atomic E-state index is 0.817. The smallest absolute Gasteiger partial charge is 0.101 e. The lowest BCUT2D eigenvalue weighted by atomic mass is 10.1. The Morgan fingerprint density at radius 2 is 2.05 bits per heavy atom. The molecule has 1 aromatic carbocycles. The molecule has 1 aromatic rings. The third kappa shape index (κ3) is 3.71. The first-order chi connectivity index (χ1) is 9.35. The second-order valence-electron chi connectivity index (χ2n) is 5.19. The molecule has 0 radical (unpaired) electrons. The van der Waals surface area contributed by atoms with Gasteiger partial charge in [-0.15, -0.1) is 0 Å². The summed E-state index contributed by atoms with van der Waals surface area (Å²) < 4.78 is 0. The predicted octanol–water partition coefficient (Wildman–Crippen LogP) is 3.05. The molecule has 0 aromatic heterocycles. The Morgan fingerprint density at radius 3 is 2.74 bits per heavy atom. The Morgan fingerprint density at radius 1 is 1.26 bits per heavy atom. The zero-order chi connectivity index (χ0) is 13.5. The Hall–Kier alpha value is -1.53. The molecule has 1 heterocycles. The van der Waals surface area contributed by atoms with Gasteiger partial charge in [-0.3, -0.25) is 0 Å². The van der Waals surface area contributed by atoms with Crippen LogP contribution in [0.3, 0.4) is 0 Å². The zero-order valence-electron chi connectivity index (χ0n) is 11.8. The van der Waals surface area contributed by atoms with Crippen LogP contribution in [0, 0.1) is 11.3 Å². The van der Waals surface area contributed by atoms with E-state index >= 15 is 0 Å². The van der Waals surface area contributed by atoms with Crippen molar-refractivity contribution in [1.82, 2.24) is 5.32 Å². The van der Waals surface area contributed by atoms with Crippen molar-refractivity contribution < 1.29 is 0 Å². The van der Waals surface area contributed by atoms with Crippen LogP contribution in [0.1, 0.15) is 43.7 Å². The van der Waals surface area contributed by atoms with Gasteiger partial charge in [-0.1, -0.05) is 13.0 Å². The molecule has 3 nitrogen and oxygen atoms in total. The maximum Gasteiger partial charge on any atom is 0.101 e. The van der Waals surface area contributed by atoms with Crippen LogP contribution in [-0.2, 0) is 6.54 Å². The van der Waals surface area contributed by atoms with Gasteiger partial charge in [0, 0.05) is 19.6 Å². The van der Waals surface area contributed by atoms with Crippen LogP contribution in [0.4, 0.5) is 5.69 Å². The van der Waals surface area contributed by atoms with Gasteiger partial charge in [0.2, 0.25) is 0 Å². The summed E-state index contributed by atoms with van der Waals surface area (Å²) in [5.74, 6) is 0. The number of hydrogen-bond acceptors (Lipinski definition) is 3. The quantitative estimate of drug-likeness (QED) is 0.824. The summed E-state index contributed by atoms with van der Waals surface area (Å²) in [4.78, 5) is 2.35. The minimum Gasteiger partial charge on any atom is -0.370 e. The molecule has 1 aliphatic heterocycles. The molecule has 0 unspecified atom stereocenters. The topological polar surface area (TPSA) is 39.1 Å². The van der Waals surface area contributed by atoms with Crippen LogP contribution in [-0.4, -0.2) is 19.6 Å². The third-order valence-electron chi connectivity index (χ3n) is 3.63. The Kier molecular flexibility index (Phi) is 5.23. The summed E-state index contributed by atoms with van der Waals surface area (Å²) in [7, 11) is 0. The zero-order valence-corrected chi connectivity index (χ0v) is 11.8. The monoisotopic (exact) mass is 257 g/mol. The van der Waals surface area contributed by atoms with Gasteiger partial charge in [0.1, 0.15) is 6.07 Å². The van der Waals surface area contributed by atoms with Gasteiger partial charge in [-0.05, 0) is 49.9 Å². The van der Waals surface area contributed by atoms with E-state index in [-0.39, 0.29) is 0 Å². The number of nitrogens with one attached hydrogen (secondary N) is 1. The molecule has 0 amide bonds. The van der Waals surface area contributed by atoms with Crippen LogP contribution in [0.25, 0.3) is 0 Å². The van der Waals surface area contributed by atoms with E-state index in [4.69, 9.17) is 0 Å². The van der Waals surface area contributed by atoms with Gasteiger partial charge in [-0.25, -0.2) is 0 Å². The predicted molar refractivity (Wildman–Crippen MR) is 79.2 cm³/mol. The van der Waals surface area contributed by atoms with Crippen molar-refractivity contribution in [1.29, 1.82) is 5.26 Å². The average Bonchev–Trinajstić information content (AvgIpc) is 2.48. The summed E-state index contributed by atoms with van der Waals surface area (Å²) >= 11 is 0. The van der Waals surface area contributed by atoms with E-state index in [1.165, 1.54) is 24.8 Å². The highest BCUT2D eigenvalue weighted by atomic mass is 15.1. The molecule has 2 rings (SSSR count). The second kappa shape index (κ2) is 7.16. The van der Waals surface area contributed by atoms with Crippen molar-refractivity contribution >= 4 is 5.69 Å². The van der Waals surface area contributed by atoms with E-state index < -0.39 is 0 Å². The van der Waals surface area contributed by atoms with Gasteiger partial charge >= 0.3 is 0 Å². The number of hydrogen-bond donors (Lipinski definition) is 1. The summed E-state index contributed by atoms with van der Waals surface area (Å²) in [5, 5.41) is 12.7. The molecule has 0 spiro atoms. The number of anilines is 1. The fraction of sp³-hybridized carbons (Fsp3) is 0.562. The standard InChI is InChI=1S/C16H23N3/c1-2-8-18-13-14-6-7-16(15(11-14)12-17)19-9-4-3-5-10-19/h6-7,11,18H,2-5,8-10,13H2,1H3. The number of rotatable bonds is 5. The van der Waals surface area contributed by atoms with E-state index in [0.717, 1.165) is 43.9 Å². The van der Waals surface area contributed by atoms with Crippen LogP contribution in [0.5, 0.6) is 0 Å². The number of nitriles is 1. The van der Waals surface area contributed by atoms with E-state index in [1.807, 2.05) is 6.07 Å². The first-order valence-corrected chi connectivity index (χ1v) is 7.34. The van der Waals surface area contributed by atoms with Crippen LogP contribution < -0.4 is 10.2 Å². The first kappa shape index (κ1) is 13.9. The molecule has 102 valence electrons. The lowest BCUT2D eigenvalue weighted by Crippen LogP contribution is -2.30. The molecule has 1 aliphatic rings. The molecule has 19 heavy (non-hydrogen) atoms. The van der Waals surface area contributed by atoms with Gasteiger partial charge < -0.3 is 10.2 Å². The average molecular weight is 257 g/mol. The maximum absolute atomic E-state index is 9.35. The normalized spacial score (nSPS) is 15.3. The van der Waals surface area contributed by atoms with Crippen molar-refractivity contribution in [2.75, 3.05) is 24.5 Å². The molecule has 0 saturated carbocycles. The number of nitrogens with zero attached hydrogens (tertiary/aromatic N) is 2. The maximum atomic E-state index is 9.35. The van der Waals surface area contributed by atoms with Gasteiger partial charge in [0.15, 0.2) is 0 Å². The fourth-order valence-electron chi connectivity index (χ4n) is 2.60. The lowest BCUT2D eigenvalue weighted by molar-refractivity contribution is 0.577. The highest BCUT2D eigenvalue weighted by molar-refractivity contribution is 5.60. The molecular formula is C16H23N3. The molecule has 1 N–H and O–H groups in total. The summed E-state index contributed by atoms with van der Waals surface area (Å²) in [6.45, 7) is 6.20. The van der Waals surface area contributed by atoms with Crippen molar-refractivity contribution in [2.45, 2.75) is 39.2 Å². The van der Waals surface area contributed by atoms with Gasteiger partial charge in [0.05, 0.1) is 11.3 Å². The van der Waals surface area contributed by atoms with Crippen molar-refractivity contribution in [3.8, 4) is 6.07 Å². The summed E-state index contributed by atoms with van der Waals surface area (Å²) in [5.41, 5.74) is 3.13. The first-order valence-electron chi connectivity index (χ1n) is 7.34. The number of benzene rings is 1. The van der Waals surface area contributed by atoms with E-state index in [9.17, 15) is 5.26 Å². The molecule has 0 bridgehead atoms. The molecule has 0 aliphatic carbocycles. The molecule has 1 saturated heterocycles. The van der Waals surface area contributed by atoms with E-state index in [0.29, 0.717) is 0 Å². The van der Waals surface area contributed by atoms with Crippen LogP contribution in [0.15, 0.2) is 18.2 Å². The van der Waals surface area contributed by atoms with Crippen molar-refractivity contribution in [2.24, 2.45) is 0 Å². The third-order valence-corrected chi connectivity index (χ3v) is 3.63. The Labute approximate surface area is 116 Å². The Balaban J connectivity index is 2.09. The van der Waals surface area contributed by atoms with E-state index in [2.05, 4.69) is 35.3 Å². The second-order valence-corrected chi connectivity index (χ2v) is 5.19. The molecule has 3 heteroatoms. The molecule has 1 fully saturated rings. The van der Waals surface area contributed by atoms with Gasteiger partial charge in [0.25, 0.3) is 0 Å². The van der Waals surface area contributed by atoms with Crippen molar-refractivity contribution in [3.63, 3.8) is 0 Å². The van der Waals surface area contributed by atoms with Gasteiger partial charge in [-0.2, -0.15) is 5.26 Å². The SMILES string of the molecule is CCCNCc1ccc(N2CCCCC2)c(C#N)c1. The minimum atomic E-state index is 0.817. The largest absolute Gasteiger partial charge is 0.370 e. The summed E-state index contributed by atoms with van der Waals surface area (Å²) in [6, 6.07) is 8.65. The van der Waals surface area contributed by atoms with Crippen molar-refractivity contribution in [3.05, 3.63) is 29.3 Å². The number of piperidine rings is 1. The van der Waals surface area contributed by atoms with Crippen LogP contribution in [0.2, 0.25) is 0 Å². The van der Waals surface area contributed by atoms with E-state index in [1.54, 1.807) is 0 Å². The Bertz CT molecular complexity index is 442. The van der Waals surface area contributed by atoms with Crippen LogP contribution >= 0.6 is 0 Å². The molecular weight excluding hydrogens is 234 g/mol. The lowest BCUT2D eigenvalue weighted by Gasteiger charge is -2.29. The summed E-state index contributed by atoms with van der Waals surface area (Å²) in [6.07, 6.45) is 4.93. The fourth-order valence-corrected chi connectivity index (χ4v) is 2.60. The highest BCUT2D eigenvalue weighted by Gasteiger charge is 2.14. The highest BCUT2D eigenvalue weighted by Crippen LogP contribution is 2.24. The molecule has 0 atom stereocenters.